The molecule has 0 saturated carbocycles. The predicted octanol–water partition coefficient (Wildman–Crippen LogP) is 5.70. The van der Waals surface area contributed by atoms with E-state index in [-0.39, 0.29) is 11.8 Å². The predicted molar refractivity (Wildman–Crippen MR) is 113 cm³/mol. The first-order valence-electron chi connectivity index (χ1n) is 7.46. The zero-order chi connectivity index (χ0) is 18.0. The van der Waals surface area contributed by atoms with Crippen LogP contribution in [0.15, 0.2) is 54.1 Å². The molecule has 0 radical (unpaired) electrons. The average Bonchev–Trinajstić information content (AvgIpc) is 3.19. The van der Waals surface area contributed by atoms with Crippen molar-refractivity contribution >= 4 is 60.7 Å². The topological polar surface area (TPSA) is 49.9 Å². The van der Waals surface area contributed by atoms with Crippen molar-refractivity contribution < 1.29 is 5.11 Å². The van der Waals surface area contributed by atoms with Gasteiger partial charge in [0.2, 0.25) is 4.80 Å². The van der Waals surface area contributed by atoms with Gasteiger partial charge < -0.3 is 5.11 Å². The van der Waals surface area contributed by atoms with Crippen LogP contribution < -0.4 is 4.80 Å². The second-order valence-corrected chi connectivity index (χ2v) is 8.99. The van der Waals surface area contributed by atoms with Crippen molar-refractivity contribution in [2.75, 3.05) is 0 Å². The molecule has 0 unspecified atom stereocenters. The number of rotatable bonds is 4. The Hall–Kier alpha value is -1.22. The lowest BCUT2D eigenvalue weighted by Crippen LogP contribution is -2.14. The van der Waals surface area contributed by atoms with Crippen LogP contribution in [0.5, 0.6) is 5.75 Å². The molecule has 1 aromatic carbocycles. The van der Waals surface area contributed by atoms with Crippen LogP contribution in [-0.4, -0.2) is 22.0 Å². The van der Waals surface area contributed by atoms with E-state index in [9.17, 15) is 5.11 Å². The molecular weight excluding hydrogens is 486 g/mol. The Balaban J connectivity index is 2.08. The van der Waals surface area contributed by atoms with Crippen LogP contribution in [0, 0.1) is 0 Å². The summed E-state index contributed by atoms with van der Waals surface area (Å²) in [5, 5.41) is 18.6. The highest BCUT2D eigenvalue weighted by Crippen LogP contribution is 2.33. The zero-order valence-corrected chi connectivity index (χ0v) is 18.3. The molecule has 4 nitrogen and oxygen atoms in total. The number of aromatic nitrogens is 1. The molecule has 2 aromatic heterocycles. The molecule has 0 atom stereocenters. The number of aromatic hydroxyl groups is 1. The van der Waals surface area contributed by atoms with Crippen LogP contribution in [0.4, 0.5) is 0 Å². The van der Waals surface area contributed by atoms with Gasteiger partial charge in [0.05, 0.1) is 25.7 Å². The van der Waals surface area contributed by atoms with E-state index < -0.39 is 0 Å². The van der Waals surface area contributed by atoms with Gasteiger partial charge in [-0.3, -0.25) is 4.99 Å². The molecule has 2 heterocycles. The lowest BCUT2D eigenvalue weighted by molar-refractivity contribution is 0.468. The van der Waals surface area contributed by atoms with Gasteiger partial charge in [0.25, 0.3) is 0 Å². The number of phenols is 1. The van der Waals surface area contributed by atoms with Gasteiger partial charge in [0, 0.05) is 11.4 Å². The first-order chi connectivity index (χ1) is 12.0. The van der Waals surface area contributed by atoms with Crippen LogP contribution in [0.25, 0.3) is 10.6 Å². The minimum Gasteiger partial charge on any atom is -0.506 e. The number of hydrogen-bond acceptors (Lipinski definition) is 5. The fourth-order valence-corrected chi connectivity index (χ4v) is 5.08. The number of hydrogen-bond donors (Lipinski definition) is 1. The molecule has 8 heteroatoms. The second kappa shape index (κ2) is 7.99. The van der Waals surface area contributed by atoms with Gasteiger partial charge in [0.1, 0.15) is 5.75 Å². The Bertz CT molecular complexity index is 949. The normalized spacial score (nSPS) is 12.6. The summed E-state index contributed by atoms with van der Waals surface area (Å²) in [5.41, 5.74) is 1.88. The van der Waals surface area contributed by atoms with E-state index in [1.807, 2.05) is 36.7 Å². The Kier molecular flexibility index (Phi) is 5.93. The lowest BCUT2D eigenvalue weighted by atomic mass is 10.2. The smallest absolute Gasteiger partial charge is 0.206 e. The van der Waals surface area contributed by atoms with Gasteiger partial charge in [-0.05, 0) is 74.8 Å². The molecule has 25 heavy (non-hydrogen) atoms. The van der Waals surface area contributed by atoms with E-state index >= 15 is 0 Å². The van der Waals surface area contributed by atoms with E-state index in [0.29, 0.717) is 8.95 Å². The molecule has 1 N–H and O–H groups in total. The SMILES string of the molecule is CC(C)N=c1scc(-c2cccs2)n1N=Cc1cc(Br)c(O)c(Br)c1. The summed E-state index contributed by atoms with van der Waals surface area (Å²) in [6.07, 6.45) is 1.76. The summed E-state index contributed by atoms with van der Waals surface area (Å²) in [6.45, 7) is 4.10. The van der Waals surface area contributed by atoms with Crippen molar-refractivity contribution in [1.82, 2.24) is 4.68 Å². The molecule has 0 aliphatic rings. The maximum Gasteiger partial charge on any atom is 0.206 e. The fraction of sp³-hybridized carbons (Fsp3) is 0.176. The van der Waals surface area contributed by atoms with Crippen molar-refractivity contribution in [3.05, 3.63) is 54.3 Å². The Morgan fingerprint density at radius 2 is 1.92 bits per heavy atom. The molecule has 0 saturated heterocycles. The summed E-state index contributed by atoms with van der Waals surface area (Å²) < 4.78 is 3.10. The summed E-state index contributed by atoms with van der Waals surface area (Å²) in [4.78, 5) is 6.66. The van der Waals surface area contributed by atoms with Crippen molar-refractivity contribution in [1.29, 1.82) is 0 Å². The van der Waals surface area contributed by atoms with Crippen LogP contribution in [0.2, 0.25) is 0 Å². The standard InChI is InChI=1S/C17H15Br2N3OS2/c1-10(2)21-17-22(14(9-25-17)15-4-3-5-24-15)20-8-11-6-12(18)16(23)13(19)7-11/h3-10,23H,1-2H3. The number of phenolic OH excluding ortho intramolecular Hbond substituents is 1. The summed E-state index contributed by atoms with van der Waals surface area (Å²) in [6, 6.07) is 7.93. The first-order valence-corrected chi connectivity index (χ1v) is 10.8. The number of thiazole rings is 1. The summed E-state index contributed by atoms with van der Waals surface area (Å²) in [5.74, 6) is 0.176. The Labute approximate surface area is 170 Å². The minimum atomic E-state index is 0.176. The monoisotopic (exact) mass is 499 g/mol. The summed E-state index contributed by atoms with van der Waals surface area (Å²) >= 11 is 9.94. The maximum atomic E-state index is 9.84. The highest BCUT2D eigenvalue weighted by Gasteiger charge is 2.09. The van der Waals surface area contributed by atoms with Crippen LogP contribution >= 0.6 is 54.5 Å². The number of halogens is 2. The molecule has 0 fully saturated rings. The minimum absolute atomic E-state index is 0.176. The van der Waals surface area contributed by atoms with E-state index in [1.165, 1.54) is 0 Å². The Morgan fingerprint density at radius 3 is 2.52 bits per heavy atom. The van der Waals surface area contributed by atoms with Crippen molar-refractivity contribution in [3.63, 3.8) is 0 Å². The van der Waals surface area contributed by atoms with Crippen molar-refractivity contribution in [2.45, 2.75) is 19.9 Å². The molecule has 130 valence electrons. The second-order valence-electron chi connectivity index (χ2n) is 5.49. The molecule has 0 amide bonds. The van der Waals surface area contributed by atoms with Gasteiger partial charge in [-0.1, -0.05) is 6.07 Å². The molecule has 0 aliphatic carbocycles. The molecule has 0 bridgehead atoms. The number of benzene rings is 1. The highest BCUT2D eigenvalue weighted by atomic mass is 79.9. The largest absolute Gasteiger partial charge is 0.506 e. The third-order valence-corrected chi connectivity index (χ3v) is 6.12. The third-order valence-electron chi connectivity index (χ3n) is 3.19. The van der Waals surface area contributed by atoms with Gasteiger partial charge in [-0.2, -0.15) is 5.10 Å². The van der Waals surface area contributed by atoms with Gasteiger partial charge >= 0.3 is 0 Å². The lowest BCUT2D eigenvalue weighted by Gasteiger charge is -2.04. The van der Waals surface area contributed by atoms with E-state index in [2.05, 4.69) is 58.8 Å². The van der Waals surface area contributed by atoms with Gasteiger partial charge in [0.15, 0.2) is 0 Å². The highest BCUT2D eigenvalue weighted by molar-refractivity contribution is 9.11. The molecule has 3 rings (SSSR count). The molecular formula is C17H15Br2N3OS2. The van der Waals surface area contributed by atoms with Crippen LogP contribution in [0.1, 0.15) is 19.4 Å². The molecule has 3 aromatic rings. The van der Waals surface area contributed by atoms with Crippen molar-refractivity contribution in [3.8, 4) is 16.3 Å². The summed E-state index contributed by atoms with van der Waals surface area (Å²) in [7, 11) is 0. The van der Waals surface area contributed by atoms with Crippen LogP contribution in [-0.2, 0) is 0 Å². The van der Waals surface area contributed by atoms with E-state index in [1.54, 1.807) is 28.9 Å². The fourth-order valence-electron chi connectivity index (χ4n) is 2.10. The average molecular weight is 501 g/mol. The quantitative estimate of drug-likeness (QED) is 0.459. The van der Waals surface area contributed by atoms with Gasteiger partial charge in [-0.15, -0.1) is 22.7 Å². The Morgan fingerprint density at radius 1 is 1.20 bits per heavy atom. The van der Waals surface area contributed by atoms with E-state index in [0.717, 1.165) is 20.9 Å². The van der Waals surface area contributed by atoms with Crippen LogP contribution in [0.3, 0.4) is 0 Å². The molecule has 0 spiro atoms. The number of thiophene rings is 1. The molecule has 0 aliphatic heterocycles. The third kappa shape index (κ3) is 4.31. The van der Waals surface area contributed by atoms with E-state index in [4.69, 9.17) is 0 Å². The maximum absolute atomic E-state index is 9.84. The number of nitrogens with zero attached hydrogens (tertiary/aromatic N) is 3. The van der Waals surface area contributed by atoms with Gasteiger partial charge in [-0.25, -0.2) is 4.68 Å². The first kappa shape index (κ1) is 18.6. The zero-order valence-electron chi connectivity index (χ0n) is 13.5. The van der Waals surface area contributed by atoms with Crippen molar-refractivity contribution in [2.24, 2.45) is 10.1 Å².